The van der Waals surface area contributed by atoms with Gasteiger partial charge < -0.3 is 14.8 Å². The zero-order valence-electron chi connectivity index (χ0n) is 16.8. The van der Waals surface area contributed by atoms with E-state index < -0.39 is 16.0 Å². The summed E-state index contributed by atoms with van der Waals surface area (Å²) in [7, 11) is -0.101. The van der Waals surface area contributed by atoms with E-state index in [2.05, 4.69) is 5.32 Å². The van der Waals surface area contributed by atoms with Crippen molar-refractivity contribution in [2.45, 2.75) is 24.7 Å². The van der Waals surface area contributed by atoms with Crippen LogP contribution in [0.2, 0.25) is 0 Å². The highest BCUT2D eigenvalue weighted by Gasteiger charge is 2.28. The Kier molecular flexibility index (Phi) is 7.35. The molecule has 0 fully saturated rings. The molecule has 2 aromatic carbocycles. The van der Waals surface area contributed by atoms with Gasteiger partial charge >= 0.3 is 5.97 Å². The maximum Gasteiger partial charge on any atom is 0.337 e. The maximum atomic E-state index is 13.0. The lowest BCUT2D eigenvalue weighted by Crippen LogP contribution is -2.24. The first-order chi connectivity index (χ1) is 13.7. The fraction of sp³-hybridized carbons (Fsp3) is 0.300. The molecule has 0 bridgehead atoms. The Labute approximate surface area is 170 Å². The number of esters is 1. The molecule has 0 aliphatic carbocycles. The summed E-state index contributed by atoms with van der Waals surface area (Å²) in [6.07, 6.45) is 0.823. The van der Waals surface area contributed by atoms with Gasteiger partial charge in [0.1, 0.15) is 10.6 Å². The van der Waals surface area contributed by atoms with Crippen molar-refractivity contribution in [2.75, 3.05) is 26.5 Å². The average molecular weight is 420 g/mol. The van der Waals surface area contributed by atoms with Gasteiger partial charge in [0.15, 0.2) is 5.75 Å². The Bertz CT molecular complexity index is 988. The number of ether oxygens (including phenoxy) is 2. The summed E-state index contributed by atoms with van der Waals surface area (Å²) in [6.45, 7) is 1.84. The summed E-state index contributed by atoms with van der Waals surface area (Å²) >= 11 is 0. The van der Waals surface area contributed by atoms with E-state index >= 15 is 0 Å². The summed E-state index contributed by atoms with van der Waals surface area (Å²) < 4.78 is 37.5. The molecule has 0 spiro atoms. The first-order valence-electron chi connectivity index (χ1n) is 8.92. The minimum Gasteiger partial charge on any atom is -0.465 e. The smallest absolute Gasteiger partial charge is 0.337 e. The van der Waals surface area contributed by atoms with E-state index in [0.29, 0.717) is 12.2 Å². The number of benzene rings is 2. The monoisotopic (exact) mass is 420 g/mol. The largest absolute Gasteiger partial charge is 0.465 e. The number of para-hydroxylation sites is 1. The molecule has 156 valence electrons. The first kappa shape index (κ1) is 22.4. The molecule has 1 N–H and O–H groups in total. The van der Waals surface area contributed by atoms with E-state index in [1.807, 2.05) is 6.92 Å². The fourth-order valence-corrected chi connectivity index (χ4v) is 3.53. The van der Waals surface area contributed by atoms with Crippen LogP contribution >= 0.6 is 0 Å². The van der Waals surface area contributed by atoms with Crippen LogP contribution in [0.4, 0.5) is 5.69 Å². The molecular weight excluding hydrogens is 396 g/mol. The standard InChI is InChI=1S/C20H24N2O6S/c1-5-9-18(23)21-16-12-14(20(24)27-4)13-17(29(25,26)22(2)3)19(16)28-15-10-7-6-8-11-15/h6-8,10-13H,5,9H2,1-4H3,(H,21,23). The summed E-state index contributed by atoms with van der Waals surface area (Å²) in [5.41, 5.74) is 0.0377. The summed E-state index contributed by atoms with van der Waals surface area (Å²) in [4.78, 5) is 24.1. The van der Waals surface area contributed by atoms with Crippen LogP contribution in [-0.2, 0) is 19.6 Å². The topological polar surface area (TPSA) is 102 Å². The molecule has 0 atom stereocenters. The summed E-state index contributed by atoms with van der Waals surface area (Å²) in [6, 6.07) is 11.1. The van der Waals surface area contributed by atoms with Crippen molar-refractivity contribution in [3.63, 3.8) is 0 Å². The van der Waals surface area contributed by atoms with Crippen LogP contribution < -0.4 is 10.1 Å². The molecule has 0 saturated heterocycles. The van der Waals surface area contributed by atoms with E-state index in [4.69, 9.17) is 9.47 Å². The number of amides is 1. The quantitative estimate of drug-likeness (QED) is 0.658. The third kappa shape index (κ3) is 5.33. The number of carbonyl (C=O) groups is 2. The molecule has 0 aromatic heterocycles. The first-order valence-corrected chi connectivity index (χ1v) is 10.4. The van der Waals surface area contributed by atoms with Crippen LogP contribution in [0.25, 0.3) is 0 Å². The van der Waals surface area contributed by atoms with Crippen molar-refractivity contribution in [3.05, 3.63) is 48.0 Å². The number of anilines is 1. The minimum atomic E-state index is -4.01. The van der Waals surface area contributed by atoms with Crippen LogP contribution in [0.15, 0.2) is 47.4 Å². The lowest BCUT2D eigenvalue weighted by atomic mass is 10.1. The Morgan fingerprint density at radius 1 is 1.10 bits per heavy atom. The zero-order valence-corrected chi connectivity index (χ0v) is 17.6. The van der Waals surface area contributed by atoms with Crippen molar-refractivity contribution in [1.82, 2.24) is 4.31 Å². The molecule has 29 heavy (non-hydrogen) atoms. The zero-order chi connectivity index (χ0) is 21.6. The highest BCUT2D eigenvalue weighted by molar-refractivity contribution is 7.89. The molecular formula is C20H24N2O6S. The van der Waals surface area contributed by atoms with Crippen LogP contribution in [-0.4, -0.2) is 45.8 Å². The Morgan fingerprint density at radius 3 is 2.31 bits per heavy atom. The number of hydrogen-bond acceptors (Lipinski definition) is 6. The number of hydrogen-bond donors (Lipinski definition) is 1. The van der Waals surface area contributed by atoms with Gasteiger partial charge in [0.25, 0.3) is 0 Å². The second-order valence-electron chi connectivity index (χ2n) is 6.34. The molecule has 0 aliphatic rings. The van der Waals surface area contributed by atoms with Crippen LogP contribution in [0.1, 0.15) is 30.1 Å². The Balaban J connectivity index is 2.75. The predicted molar refractivity (Wildman–Crippen MR) is 109 cm³/mol. The number of nitrogens with zero attached hydrogens (tertiary/aromatic N) is 1. The second-order valence-corrected chi connectivity index (χ2v) is 8.46. The van der Waals surface area contributed by atoms with Crippen molar-refractivity contribution in [1.29, 1.82) is 0 Å². The molecule has 2 rings (SSSR count). The summed E-state index contributed by atoms with van der Waals surface area (Å²) in [5.74, 6) is -0.778. The van der Waals surface area contributed by atoms with E-state index in [0.717, 1.165) is 4.31 Å². The average Bonchev–Trinajstić information content (AvgIpc) is 2.69. The van der Waals surface area contributed by atoms with Gasteiger partial charge in [0, 0.05) is 20.5 Å². The highest BCUT2D eigenvalue weighted by atomic mass is 32.2. The predicted octanol–water partition coefficient (Wildman–Crippen LogP) is 3.25. The summed E-state index contributed by atoms with van der Waals surface area (Å²) in [5, 5.41) is 2.65. The van der Waals surface area contributed by atoms with E-state index in [-0.39, 0.29) is 34.2 Å². The van der Waals surface area contributed by atoms with Gasteiger partial charge in [-0.05, 0) is 30.7 Å². The second kappa shape index (κ2) is 9.53. The third-order valence-corrected chi connectivity index (χ3v) is 5.77. The van der Waals surface area contributed by atoms with Gasteiger partial charge in [0.2, 0.25) is 15.9 Å². The molecule has 1 amide bonds. The van der Waals surface area contributed by atoms with Crippen LogP contribution in [0.5, 0.6) is 11.5 Å². The number of nitrogens with one attached hydrogen (secondary N) is 1. The molecule has 0 heterocycles. The molecule has 0 aliphatic heterocycles. The van der Waals surface area contributed by atoms with E-state index in [9.17, 15) is 18.0 Å². The van der Waals surface area contributed by atoms with Crippen LogP contribution in [0, 0.1) is 0 Å². The van der Waals surface area contributed by atoms with E-state index in [1.165, 1.54) is 33.3 Å². The molecule has 2 aromatic rings. The van der Waals surface area contributed by atoms with Gasteiger partial charge in [-0.2, -0.15) is 0 Å². The molecule has 8 nitrogen and oxygen atoms in total. The van der Waals surface area contributed by atoms with Gasteiger partial charge in [0.05, 0.1) is 18.4 Å². The normalized spacial score (nSPS) is 11.2. The number of sulfonamides is 1. The molecule has 0 unspecified atom stereocenters. The van der Waals surface area contributed by atoms with Gasteiger partial charge in [-0.15, -0.1) is 0 Å². The van der Waals surface area contributed by atoms with Gasteiger partial charge in [-0.25, -0.2) is 17.5 Å². The Morgan fingerprint density at radius 2 is 1.76 bits per heavy atom. The van der Waals surface area contributed by atoms with Crippen LogP contribution in [0.3, 0.4) is 0 Å². The maximum absolute atomic E-state index is 13.0. The fourth-order valence-electron chi connectivity index (χ4n) is 2.47. The molecule has 0 radical (unpaired) electrons. The van der Waals surface area contributed by atoms with Crippen molar-refractivity contribution in [2.24, 2.45) is 0 Å². The van der Waals surface area contributed by atoms with Gasteiger partial charge in [-0.1, -0.05) is 25.1 Å². The van der Waals surface area contributed by atoms with E-state index in [1.54, 1.807) is 30.3 Å². The van der Waals surface area contributed by atoms with Crippen molar-refractivity contribution < 1.29 is 27.5 Å². The Hall–Kier alpha value is -2.91. The molecule has 9 heteroatoms. The lowest BCUT2D eigenvalue weighted by Gasteiger charge is -2.20. The SMILES string of the molecule is CCCC(=O)Nc1cc(C(=O)OC)cc(S(=O)(=O)N(C)C)c1Oc1ccccc1. The lowest BCUT2D eigenvalue weighted by molar-refractivity contribution is -0.116. The number of methoxy groups -OCH3 is 1. The highest BCUT2D eigenvalue weighted by Crippen LogP contribution is 2.38. The van der Waals surface area contributed by atoms with Crippen molar-refractivity contribution in [3.8, 4) is 11.5 Å². The minimum absolute atomic E-state index is 0.0277. The van der Waals surface area contributed by atoms with Gasteiger partial charge in [-0.3, -0.25) is 4.79 Å². The molecule has 0 saturated carbocycles. The number of rotatable bonds is 8. The third-order valence-electron chi connectivity index (χ3n) is 3.95. The number of carbonyl (C=O) groups excluding carboxylic acids is 2. The van der Waals surface area contributed by atoms with Crippen molar-refractivity contribution >= 4 is 27.6 Å².